The Morgan fingerprint density at radius 3 is 2.22 bits per heavy atom. The van der Waals surface area contributed by atoms with Crippen molar-refractivity contribution in [3.05, 3.63) is 123 Å². The van der Waals surface area contributed by atoms with Crippen molar-refractivity contribution in [2.75, 3.05) is 26.2 Å². The Hall–Kier alpha value is -5.52. The minimum atomic E-state index is -1.64. The molecule has 3 N–H and O–H groups in total. The van der Waals surface area contributed by atoms with Gasteiger partial charge in [-0.05, 0) is 97.0 Å². The number of ether oxygens (including phenoxy) is 2. The molecule has 0 spiro atoms. The number of carbonyl (C=O) groups is 4. The minimum Gasteiger partial charge on any atom is -0.508 e. The molecule has 8 rings (SSSR count). The fraction of sp³-hybridized carbons (Fsp3) is 0.286. The van der Waals surface area contributed by atoms with Crippen LogP contribution in [0.4, 0.5) is 5.69 Å². The molecule has 4 aromatic carbocycles. The number of hydrogen-bond acceptors (Lipinski definition) is 9. The molecule has 13 heteroatoms. The highest BCUT2D eigenvalue weighted by molar-refractivity contribution is 6.36. The van der Waals surface area contributed by atoms with Crippen LogP contribution < -0.4 is 14.9 Å². The lowest BCUT2D eigenvalue weighted by molar-refractivity contribution is -0.141. The molecule has 6 atom stereocenters. The summed E-state index contributed by atoms with van der Waals surface area (Å²) in [6.45, 7) is 0.147. The summed E-state index contributed by atoms with van der Waals surface area (Å²) >= 11 is 12.7. The number of imide groups is 2. The quantitative estimate of drug-likeness (QED) is 0.126. The Morgan fingerprint density at radius 2 is 1.53 bits per heavy atom. The van der Waals surface area contributed by atoms with Gasteiger partial charge >= 0.3 is 0 Å². The van der Waals surface area contributed by atoms with Gasteiger partial charge in [0, 0.05) is 23.0 Å². The fourth-order valence-electron chi connectivity index (χ4n) is 9.27. The summed E-state index contributed by atoms with van der Waals surface area (Å²) < 4.78 is 11.1. The van der Waals surface area contributed by atoms with Crippen LogP contribution in [0.25, 0.3) is 0 Å². The fourth-order valence-corrected chi connectivity index (χ4v) is 9.72. The molecule has 282 valence electrons. The highest BCUT2D eigenvalue weighted by Gasteiger charge is 2.70. The van der Waals surface area contributed by atoms with E-state index in [4.69, 9.17) is 32.7 Å². The number of phenolic OH excluding ortho intramolecular Hbond substituents is 2. The molecule has 4 amide bonds. The van der Waals surface area contributed by atoms with Crippen LogP contribution >= 0.6 is 23.2 Å². The summed E-state index contributed by atoms with van der Waals surface area (Å²) in [5.41, 5.74) is 3.98. The Kier molecular flexibility index (Phi) is 9.25. The summed E-state index contributed by atoms with van der Waals surface area (Å²) in [6, 6.07) is 23.0. The second kappa shape index (κ2) is 14.0. The second-order valence-electron chi connectivity index (χ2n) is 14.4. The number of hydrogen-bond donors (Lipinski definition) is 3. The lowest BCUT2D eigenvalue weighted by atomic mass is 9.49. The molecule has 11 nitrogen and oxygen atoms in total. The van der Waals surface area contributed by atoms with E-state index < -0.39 is 46.8 Å². The predicted molar refractivity (Wildman–Crippen MR) is 204 cm³/mol. The third-order valence-corrected chi connectivity index (χ3v) is 12.3. The summed E-state index contributed by atoms with van der Waals surface area (Å²) in [4.78, 5) is 60.1. The Labute approximate surface area is 327 Å². The maximum absolute atomic E-state index is 15.4. The van der Waals surface area contributed by atoms with Gasteiger partial charge in [0.1, 0.15) is 23.0 Å². The van der Waals surface area contributed by atoms with E-state index in [0.29, 0.717) is 39.6 Å². The first-order chi connectivity index (χ1) is 26.5. The first-order valence-corrected chi connectivity index (χ1v) is 18.7. The van der Waals surface area contributed by atoms with Gasteiger partial charge in [-0.2, -0.15) is 5.01 Å². The molecule has 4 aromatic rings. The molecule has 4 aliphatic rings. The van der Waals surface area contributed by atoms with Gasteiger partial charge in [-0.3, -0.25) is 29.5 Å². The number of amides is 4. The third kappa shape index (κ3) is 5.79. The maximum atomic E-state index is 15.4. The molecule has 0 aromatic heterocycles. The molecule has 55 heavy (non-hydrogen) atoms. The molecule has 0 bridgehead atoms. The number of methoxy groups -OCH3 is 2. The zero-order valence-electron chi connectivity index (χ0n) is 29.9. The molecule has 0 unspecified atom stereocenters. The number of likely N-dealkylation sites (tertiary alicyclic amines) is 1. The van der Waals surface area contributed by atoms with Crippen molar-refractivity contribution >= 4 is 52.5 Å². The number of halogens is 2. The maximum Gasteiger partial charge on any atom is 0.260 e. The van der Waals surface area contributed by atoms with Crippen molar-refractivity contribution in [2.45, 2.75) is 30.6 Å². The Morgan fingerprint density at radius 1 is 0.818 bits per heavy atom. The molecule has 2 heterocycles. The molecular weight excluding hydrogens is 745 g/mol. The number of rotatable bonds is 9. The minimum absolute atomic E-state index is 0.0716. The van der Waals surface area contributed by atoms with E-state index in [1.54, 1.807) is 72.8 Å². The molecule has 2 aliphatic carbocycles. The highest BCUT2D eigenvalue weighted by Crippen LogP contribution is 2.65. The van der Waals surface area contributed by atoms with Crippen molar-refractivity contribution in [1.82, 2.24) is 9.91 Å². The third-order valence-electron chi connectivity index (χ3n) is 11.8. The Balaban J connectivity index is 1.28. The molecule has 0 radical (unpaired) electrons. The number of nitrogens with one attached hydrogen (secondary N) is 1. The van der Waals surface area contributed by atoms with Gasteiger partial charge in [0.05, 0.1) is 48.1 Å². The number of carbonyl (C=O) groups excluding carboxylic acids is 4. The number of hydrazine groups is 1. The monoisotopic (exact) mass is 781 g/mol. The lowest BCUT2D eigenvalue weighted by Gasteiger charge is -2.50. The number of fused-ring (bicyclic) bond motifs is 4. The van der Waals surface area contributed by atoms with Gasteiger partial charge in [-0.1, -0.05) is 59.1 Å². The summed E-state index contributed by atoms with van der Waals surface area (Å²) in [5, 5.41) is 22.9. The number of aromatic hydroxyl groups is 2. The van der Waals surface area contributed by atoms with Crippen LogP contribution in [0, 0.1) is 23.7 Å². The first kappa shape index (κ1) is 36.5. The lowest BCUT2D eigenvalue weighted by Crippen LogP contribution is -2.53. The largest absolute Gasteiger partial charge is 0.508 e. The molecule has 1 saturated carbocycles. The van der Waals surface area contributed by atoms with Gasteiger partial charge in [0.2, 0.25) is 11.8 Å². The van der Waals surface area contributed by atoms with E-state index in [2.05, 4.69) is 5.43 Å². The molecule has 2 aliphatic heterocycles. The predicted octanol–water partition coefficient (Wildman–Crippen LogP) is 6.65. The summed E-state index contributed by atoms with van der Waals surface area (Å²) in [5.74, 6) is -4.95. The number of nitrogens with zero attached hydrogens (tertiary/aromatic N) is 2. The number of benzene rings is 4. The average molecular weight is 783 g/mol. The zero-order valence-corrected chi connectivity index (χ0v) is 31.4. The van der Waals surface area contributed by atoms with Crippen molar-refractivity contribution in [3.63, 3.8) is 0 Å². The number of allylic oxidation sites excluding steroid dienone is 2. The zero-order chi connectivity index (χ0) is 38.8. The van der Waals surface area contributed by atoms with Crippen molar-refractivity contribution in [2.24, 2.45) is 23.7 Å². The van der Waals surface area contributed by atoms with E-state index in [1.165, 1.54) is 31.3 Å². The van der Waals surface area contributed by atoms with E-state index >= 15 is 4.79 Å². The topological polar surface area (TPSA) is 146 Å². The number of anilines is 1. The number of phenols is 2. The van der Waals surface area contributed by atoms with Crippen LogP contribution in [-0.4, -0.2) is 64.5 Å². The van der Waals surface area contributed by atoms with Crippen LogP contribution in [0.15, 0.2) is 96.6 Å². The van der Waals surface area contributed by atoms with Gasteiger partial charge in [-0.15, -0.1) is 0 Å². The van der Waals surface area contributed by atoms with Crippen LogP contribution in [0.1, 0.15) is 35.4 Å². The molecule has 3 fully saturated rings. The molecular formula is C42H37Cl2N3O8. The average Bonchev–Trinajstić information content (AvgIpc) is 3.56. The second-order valence-corrected chi connectivity index (χ2v) is 15.2. The van der Waals surface area contributed by atoms with Gasteiger partial charge in [0.15, 0.2) is 0 Å². The van der Waals surface area contributed by atoms with Crippen molar-refractivity contribution in [1.29, 1.82) is 0 Å². The van der Waals surface area contributed by atoms with Crippen molar-refractivity contribution in [3.8, 4) is 23.0 Å². The molecule has 2 saturated heterocycles. The standard InChI is InChI=1S/C42H37Cl2N3O8/c1-54-26-10-5-23(6-11-26)42-32(39(51)47(41(42)53)45-34-15-7-24(43)19-33(34)44)21-30-28(37(42)31-20-27(55-2)12-16-35(31)49)13-14-29-36(30)40(52)46(38(29)50)18-17-22-3-8-25(48)9-4-22/h3-13,15-16,19-20,29-30,32,36-37,45,48-49H,14,17-18,21H2,1-2H3/t29-,30+,32-,36-,37+,42+/m0/s1. The van der Waals surface area contributed by atoms with Crippen LogP contribution in [0.5, 0.6) is 23.0 Å². The van der Waals surface area contributed by atoms with Crippen LogP contribution in [0.2, 0.25) is 10.0 Å². The van der Waals surface area contributed by atoms with E-state index in [1.807, 2.05) is 6.08 Å². The van der Waals surface area contributed by atoms with Crippen LogP contribution in [-0.2, 0) is 31.0 Å². The van der Waals surface area contributed by atoms with Gasteiger partial charge in [0.25, 0.3) is 11.8 Å². The van der Waals surface area contributed by atoms with E-state index in [0.717, 1.165) is 10.6 Å². The van der Waals surface area contributed by atoms with Gasteiger partial charge in [-0.25, -0.2) is 0 Å². The summed E-state index contributed by atoms with van der Waals surface area (Å²) in [6.07, 6.45) is 2.62. The van der Waals surface area contributed by atoms with Gasteiger partial charge < -0.3 is 19.7 Å². The Bertz CT molecular complexity index is 2260. The van der Waals surface area contributed by atoms with E-state index in [-0.39, 0.29) is 53.4 Å². The summed E-state index contributed by atoms with van der Waals surface area (Å²) in [7, 11) is 3.02. The smallest absolute Gasteiger partial charge is 0.260 e. The van der Waals surface area contributed by atoms with Crippen LogP contribution in [0.3, 0.4) is 0 Å². The van der Waals surface area contributed by atoms with E-state index in [9.17, 15) is 24.6 Å². The van der Waals surface area contributed by atoms with Crippen molar-refractivity contribution < 1.29 is 38.9 Å². The first-order valence-electron chi connectivity index (χ1n) is 17.9. The SMILES string of the molecule is COc1ccc([C@@]23C(=O)N(Nc4ccc(Cl)cc4Cl)C(=O)[C@@H]2C[C@@H]2C(=CC[C@@H]4C(=O)N(CCc5ccc(O)cc5)C(=O)[C@@H]42)[C@@H]3c2cc(OC)ccc2O)cc1. The highest BCUT2D eigenvalue weighted by atomic mass is 35.5. The normalized spacial score (nSPS) is 25.7.